The van der Waals surface area contributed by atoms with Gasteiger partial charge in [0.2, 0.25) is 5.91 Å². The van der Waals surface area contributed by atoms with Gasteiger partial charge >= 0.3 is 12.1 Å². The summed E-state index contributed by atoms with van der Waals surface area (Å²) in [6.45, 7) is 3.02. The number of esters is 1. The van der Waals surface area contributed by atoms with Crippen LogP contribution in [0.2, 0.25) is 0 Å². The monoisotopic (exact) mass is 435 g/mol. The van der Waals surface area contributed by atoms with E-state index in [2.05, 4.69) is 0 Å². The number of nitrogens with two attached hydrogens (primary N) is 1. The number of nitriles is 1. The molecule has 2 N–H and O–H groups in total. The van der Waals surface area contributed by atoms with Crippen molar-refractivity contribution in [3.8, 4) is 11.8 Å². The lowest BCUT2D eigenvalue weighted by molar-refractivity contribution is -0.137. The summed E-state index contributed by atoms with van der Waals surface area (Å²) in [6.07, 6.45) is -3.41. The van der Waals surface area contributed by atoms with Crippen molar-refractivity contribution in [2.24, 2.45) is 0 Å². The maximum Gasteiger partial charge on any atom is 0.416 e. The number of ether oxygens (including phenoxy) is 1. The second kappa shape index (κ2) is 8.22. The molecule has 0 bridgehead atoms. The number of carbonyl (C=O) groups excluding carboxylic acids is 2. The van der Waals surface area contributed by atoms with Gasteiger partial charge in [-0.2, -0.15) is 18.4 Å². The highest BCUT2D eigenvalue weighted by molar-refractivity contribution is 5.96. The zero-order chi connectivity index (χ0) is 22.9. The molecule has 0 saturated carbocycles. The second-order valence-electron chi connectivity index (χ2n) is 6.97. The van der Waals surface area contributed by atoms with E-state index in [9.17, 15) is 28.0 Å². The minimum absolute atomic E-state index is 0.0275. The van der Waals surface area contributed by atoms with Gasteiger partial charge in [0.15, 0.2) is 5.69 Å². The van der Waals surface area contributed by atoms with Gasteiger partial charge in [0.05, 0.1) is 35.3 Å². The largest absolute Gasteiger partial charge is 0.464 e. The van der Waals surface area contributed by atoms with E-state index >= 15 is 0 Å². The smallest absolute Gasteiger partial charge is 0.416 e. The van der Waals surface area contributed by atoms with Gasteiger partial charge in [0.1, 0.15) is 6.07 Å². The van der Waals surface area contributed by atoms with Crippen molar-refractivity contribution in [3.05, 3.63) is 41.2 Å². The molecule has 1 aromatic carbocycles. The molecule has 1 fully saturated rings. The first kappa shape index (κ1) is 22.0. The number of alkyl halides is 3. The minimum Gasteiger partial charge on any atom is -0.464 e. The number of benzene rings is 1. The molecule has 0 radical (unpaired) electrons. The summed E-state index contributed by atoms with van der Waals surface area (Å²) < 4.78 is 46.2. The predicted molar refractivity (Wildman–Crippen MR) is 106 cm³/mol. The Morgan fingerprint density at radius 2 is 1.81 bits per heavy atom. The Morgan fingerprint density at radius 1 is 1.16 bits per heavy atom. The number of hydrogen-bond donors (Lipinski definition) is 1. The standard InChI is InChI=1S/C20H20F3N5O3/c1-12(29)26-5-7-27(8-6-26)15-4-3-14(20(21,22)23)9-16(15)28-11-13(10-24)17(25)18(28)19(30)31-2/h3-4,9,11H,5-8,25H2,1-2H3. The Labute approximate surface area is 176 Å². The van der Waals surface area contributed by atoms with Crippen LogP contribution in [-0.2, 0) is 15.7 Å². The first-order valence-corrected chi connectivity index (χ1v) is 9.29. The number of methoxy groups -OCH3 is 1. The fourth-order valence-electron chi connectivity index (χ4n) is 3.53. The number of nitrogen functional groups attached to an aromatic ring is 1. The molecule has 1 saturated heterocycles. The fourth-order valence-corrected chi connectivity index (χ4v) is 3.53. The zero-order valence-corrected chi connectivity index (χ0v) is 16.9. The summed E-state index contributed by atoms with van der Waals surface area (Å²) in [7, 11) is 1.11. The molecular weight excluding hydrogens is 415 g/mol. The van der Waals surface area contributed by atoms with Gasteiger partial charge in [-0.1, -0.05) is 0 Å². The highest BCUT2D eigenvalue weighted by Crippen LogP contribution is 2.37. The van der Waals surface area contributed by atoms with E-state index < -0.39 is 17.7 Å². The second-order valence-corrected chi connectivity index (χ2v) is 6.97. The van der Waals surface area contributed by atoms with Crippen molar-refractivity contribution in [1.82, 2.24) is 9.47 Å². The molecule has 1 aromatic heterocycles. The number of rotatable bonds is 3. The quantitative estimate of drug-likeness (QED) is 0.743. The molecule has 3 rings (SSSR count). The van der Waals surface area contributed by atoms with Gasteiger partial charge in [0.25, 0.3) is 0 Å². The summed E-state index contributed by atoms with van der Waals surface area (Å²) in [6, 6.07) is 5.00. The maximum absolute atomic E-state index is 13.4. The van der Waals surface area contributed by atoms with Crippen LogP contribution in [0.3, 0.4) is 0 Å². The molecule has 164 valence electrons. The summed E-state index contributed by atoms with van der Waals surface area (Å²) in [5.74, 6) is -0.971. The van der Waals surface area contributed by atoms with Crippen molar-refractivity contribution in [2.75, 3.05) is 43.9 Å². The molecular formula is C20H20F3N5O3. The molecule has 31 heavy (non-hydrogen) atoms. The van der Waals surface area contributed by atoms with Crippen LogP contribution in [0.5, 0.6) is 0 Å². The van der Waals surface area contributed by atoms with Gasteiger partial charge in [-0.05, 0) is 18.2 Å². The topological polar surface area (TPSA) is 105 Å². The van der Waals surface area contributed by atoms with Gasteiger partial charge in [-0.25, -0.2) is 4.79 Å². The van der Waals surface area contributed by atoms with Crippen LogP contribution in [0.25, 0.3) is 5.69 Å². The van der Waals surface area contributed by atoms with Crippen molar-refractivity contribution in [1.29, 1.82) is 5.26 Å². The third kappa shape index (κ3) is 4.14. The molecule has 2 aromatic rings. The van der Waals surface area contributed by atoms with E-state index in [0.29, 0.717) is 31.9 Å². The predicted octanol–water partition coefficient (Wildman–Crippen LogP) is 2.41. The van der Waals surface area contributed by atoms with Crippen LogP contribution in [-0.4, -0.2) is 54.6 Å². The summed E-state index contributed by atoms with van der Waals surface area (Å²) in [5, 5.41) is 9.32. The number of aromatic nitrogens is 1. The van der Waals surface area contributed by atoms with E-state index in [4.69, 9.17) is 10.5 Å². The Hall–Kier alpha value is -3.68. The zero-order valence-electron chi connectivity index (χ0n) is 16.9. The van der Waals surface area contributed by atoms with Gasteiger partial charge in [-0.15, -0.1) is 0 Å². The summed E-state index contributed by atoms with van der Waals surface area (Å²) in [4.78, 5) is 27.4. The van der Waals surface area contributed by atoms with Gasteiger partial charge < -0.3 is 24.8 Å². The van der Waals surface area contributed by atoms with Crippen LogP contribution in [0, 0.1) is 11.3 Å². The molecule has 1 amide bonds. The van der Waals surface area contributed by atoms with E-state index in [1.807, 2.05) is 11.0 Å². The van der Waals surface area contributed by atoms with Crippen LogP contribution in [0.4, 0.5) is 24.5 Å². The van der Waals surface area contributed by atoms with Gasteiger partial charge in [0, 0.05) is 39.3 Å². The summed E-state index contributed by atoms with van der Waals surface area (Å²) in [5.41, 5.74) is 4.94. The lowest BCUT2D eigenvalue weighted by atomic mass is 10.1. The molecule has 0 atom stereocenters. The Kier molecular flexibility index (Phi) is 5.83. The third-order valence-electron chi connectivity index (χ3n) is 5.17. The van der Waals surface area contributed by atoms with Gasteiger partial charge in [-0.3, -0.25) is 4.79 Å². The number of piperazine rings is 1. The number of hydrogen-bond acceptors (Lipinski definition) is 6. The van der Waals surface area contributed by atoms with Crippen LogP contribution >= 0.6 is 0 Å². The molecule has 0 aliphatic carbocycles. The van der Waals surface area contributed by atoms with Crippen LogP contribution < -0.4 is 10.6 Å². The average Bonchev–Trinajstić information content (AvgIpc) is 3.08. The number of carbonyl (C=O) groups is 2. The molecule has 0 spiro atoms. The Bertz CT molecular complexity index is 1060. The molecule has 8 nitrogen and oxygen atoms in total. The first-order chi connectivity index (χ1) is 14.6. The highest BCUT2D eigenvalue weighted by atomic mass is 19.4. The minimum atomic E-state index is -4.62. The number of halogens is 3. The van der Waals surface area contributed by atoms with E-state index in [0.717, 1.165) is 23.8 Å². The van der Waals surface area contributed by atoms with Crippen LogP contribution in [0.15, 0.2) is 24.4 Å². The SMILES string of the molecule is COC(=O)c1c(N)c(C#N)cn1-c1cc(C(F)(F)F)ccc1N1CCN(C(C)=O)CC1. The van der Waals surface area contributed by atoms with Crippen molar-refractivity contribution in [3.63, 3.8) is 0 Å². The lowest BCUT2D eigenvalue weighted by Gasteiger charge is -2.36. The van der Waals surface area contributed by atoms with Crippen molar-refractivity contribution in [2.45, 2.75) is 13.1 Å². The lowest BCUT2D eigenvalue weighted by Crippen LogP contribution is -2.48. The first-order valence-electron chi connectivity index (χ1n) is 9.29. The molecule has 2 heterocycles. The Morgan fingerprint density at radius 3 is 2.32 bits per heavy atom. The summed E-state index contributed by atoms with van der Waals surface area (Å²) >= 11 is 0. The number of nitrogens with zero attached hydrogens (tertiary/aromatic N) is 4. The normalized spacial score (nSPS) is 14.3. The van der Waals surface area contributed by atoms with E-state index in [1.165, 1.54) is 19.2 Å². The molecule has 1 aliphatic rings. The van der Waals surface area contributed by atoms with Crippen LogP contribution in [0.1, 0.15) is 28.5 Å². The molecule has 0 unspecified atom stereocenters. The molecule has 1 aliphatic heterocycles. The maximum atomic E-state index is 13.4. The molecule has 11 heteroatoms. The van der Waals surface area contributed by atoms with Crippen molar-refractivity contribution < 1.29 is 27.5 Å². The number of anilines is 2. The highest BCUT2D eigenvalue weighted by Gasteiger charge is 2.33. The van der Waals surface area contributed by atoms with E-state index in [1.54, 1.807) is 4.90 Å². The Balaban J connectivity index is 2.18. The fraction of sp³-hybridized carbons (Fsp3) is 0.350. The van der Waals surface area contributed by atoms with Crippen molar-refractivity contribution >= 4 is 23.3 Å². The van der Waals surface area contributed by atoms with E-state index in [-0.39, 0.29) is 28.5 Å². The number of amides is 1. The third-order valence-corrected chi connectivity index (χ3v) is 5.17. The average molecular weight is 435 g/mol.